The van der Waals surface area contributed by atoms with Gasteiger partial charge in [-0.25, -0.2) is 21.2 Å². The lowest BCUT2D eigenvalue weighted by atomic mass is 10.1. The molecule has 0 aromatic heterocycles. The first kappa shape index (κ1) is 19.5. The minimum absolute atomic E-state index is 0.00472. The predicted molar refractivity (Wildman–Crippen MR) is 99.8 cm³/mol. The van der Waals surface area contributed by atoms with Crippen molar-refractivity contribution in [1.29, 1.82) is 0 Å². The number of carbonyl (C=O) groups excluding carboxylic acids is 1. The Balaban J connectivity index is 1.96. The second-order valence-electron chi connectivity index (χ2n) is 6.41. The first-order valence-corrected chi connectivity index (χ1v) is 11.6. The molecule has 1 unspecified atom stereocenters. The van der Waals surface area contributed by atoms with E-state index in [-0.39, 0.29) is 22.6 Å². The van der Waals surface area contributed by atoms with E-state index in [2.05, 4.69) is 0 Å². The summed E-state index contributed by atoms with van der Waals surface area (Å²) in [6.07, 6.45) is -0.00472. The lowest BCUT2D eigenvalue weighted by Crippen LogP contribution is -2.28. The van der Waals surface area contributed by atoms with Crippen LogP contribution in [0.4, 0.5) is 10.1 Å². The fourth-order valence-corrected chi connectivity index (χ4v) is 7.38. The number of halogens is 1. The number of anilines is 1. The highest BCUT2D eigenvalue weighted by atomic mass is 32.2. The van der Waals surface area contributed by atoms with Crippen LogP contribution in [0, 0.1) is 5.82 Å². The average Bonchev–Trinajstić information content (AvgIpc) is 3.02. The van der Waals surface area contributed by atoms with Crippen LogP contribution in [-0.4, -0.2) is 46.5 Å². The topological polar surface area (TPSA) is 88.6 Å². The summed E-state index contributed by atoms with van der Waals surface area (Å²) in [6, 6.07) is 11.5. The average molecular weight is 411 g/mol. The Morgan fingerprint density at radius 3 is 2.41 bits per heavy atom. The van der Waals surface area contributed by atoms with Gasteiger partial charge in [-0.05, 0) is 36.8 Å². The largest absolute Gasteiger partial charge is 0.311 e. The first-order valence-electron chi connectivity index (χ1n) is 8.19. The van der Waals surface area contributed by atoms with Gasteiger partial charge in [0.25, 0.3) is 5.91 Å². The fraction of sp³-hybridized carbons (Fsp3) is 0.278. The number of amides is 1. The van der Waals surface area contributed by atoms with Crippen molar-refractivity contribution >= 4 is 31.3 Å². The summed E-state index contributed by atoms with van der Waals surface area (Å²) >= 11 is 0. The van der Waals surface area contributed by atoms with Crippen molar-refractivity contribution in [2.24, 2.45) is 0 Å². The molecule has 9 heteroatoms. The number of benzene rings is 2. The van der Waals surface area contributed by atoms with Gasteiger partial charge in [-0.1, -0.05) is 18.2 Å². The lowest BCUT2D eigenvalue weighted by molar-refractivity contribution is 0.0989. The van der Waals surface area contributed by atoms with Gasteiger partial charge in [0, 0.05) is 12.7 Å². The standard InChI is InChI=1S/C18H18FNO5S2/c1-20(13-5-3-2-4-6-13)18(21)16-11-14(7-8-17(16)19)27(24,25)15-9-10-26(22,23)12-15/h2-8,11,15H,9-10,12H2,1H3. The SMILES string of the molecule is CN(C(=O)c1cc(S(=O)(=O)C2CCS(=O)(=O)C2)ccc1F)c1ccccc1. The fourth-order valence-electron chi connectivity index (χ4n) is 2.99. The van der Waals surface area contributed by atoms with Crippen molar-refractivity contribution in [2.75, 3.05) is 23.5 Å². The highest BCUT2D eigenvalue weighted by Gasteiger charge is 2.38. The molecule has 0 spiro atoms. The molecule has 1 aliphatic heterocycles. The lowest BCUT2D eigenvalue weighted by Gasteiger charge is -2.18. The van der Waals surface area contributed by atoms with E-state index in [0.717, 1.165) is 18.2 Å². The number of rotatable bonds is 4. The molecule has 27 heavy (non-hydrogen) atoms. The zero-order valence-corrected chi connectivity index (χ0v) is 16.1. The smallest absolute Gasteiger partial charge is 0.261 e. The molecular formula is C18H18FNO5S2. The van der Waals surface area contributed by atoms with Gasteiger partial charge in [0.2, 0.25) is 0 Å². The molecule has 2 aromatic rings. The first-order chi connectivity index (χ1) is 12.6. The van der Waals surface area contributed by atoms with Crippen LogP contribution < -0.4 is 4.90 Å². The van der Waals surface area contributed by atoms with Crippen molar-refractivity contribution in [3.63, 3.8) is 0 Å². The molecule has 6 nitrogen and oxygen atoms in total. The molecule has 1 fully saturated rings. The molecule has 0 aliphatic carbocycles. The maximum absolute atomic E-state index is 14.2. The maximum Gasteiger partial charge on any atom is 0.261 e. The van der Waals surface area contributed by atoms with E-state index in [0.29, 0.717) is 5.69 Å². The van der Waals surface area contributed by atoms with Crippen molar-refractivity contribution in [3.8, 4) is 0 Å². The van der Waals surface area contributed by atoms with Crippen LogP contribution in [0.25, 0.3) is 0 Å². The highest BCUT2D eigenvalue weighted by Crippen LogP contribution is 2.27. The van der Waals surface area contributed by atoms with E-state index in [1.54, 1.807) is 30.3 Å². The van der Waals surface area contributed by atoms with Crippen molar-refractivity contribution < 1.29 is 26.0 Å². The monoisotopic (exact) mass is 411 g/mol. The maximum atomic E-state index is 14.2. The van der Waals surface area contributed by atoms with Crippen LogP contribution in [0.5, 0.6) is 0 Å². The van der Waals surface area contributed by atoms with E-state index in [1.165, 1.54) is 11.9 Å². The Bertz CT molecular complexity index is 1080. The van der Waals surface area contributed by atoms with E-state index in [4.69, 9.17) is 0 Å². The number of hydrogen-bond donors (Lipinski definition) is 0. The van der Waals surface area contributed by atoms with Gasteiger partial charge < -0.3 is 4.90 Å². The van der Waals surface area contributed by atoms with Crippen LogP contribution in [0.15, 0.2) is 53.4 Å². The quantitative estimate of drug-likeness (QED) is 0.719. The molecule has 1 aliphatic rings. The summed E-state index contributed by atoms with van der Waals surface area (Å²) in [4.78, 5) is 13.6. The second kappa shape index (κ2) is 7.05. The zero-order chi connectivity index (χ0) is 19.8. The molecule has 1 amide bonds. The molecule has 1 atom stereocenters. The normalized spacial score (nSPS) is 19.0. The van der Waals surface area contributed by atoms with Crippen LogP contribution >= 0.6 is 0 Å². The van der Waals surface area contributed by atoms with Crippen LogP contribution in [0.2, 0.25) is 0 Å². The third-order valence-electron chi connectivity index (χ3n) is 4.57. The molecule has 0 bridgehead atoms. The molecule has 2 aromatic carbocycles. The van der Waals surface area contributed by atoms with Gasteiger partial charge in [-0.15, -0.1) is 0 Å². The van der Waals surface area contributed by atoms with Crippen molar-refractivity contribution in [2.45, 2.75) is 16.6 Å². The van der Waals surface area contributed by atoms with E-state index < -0.39 is 42.4 Å². The number of carbonyl (C=O) groups is 1. The summed E-state index contributed by atoms with van der Waals surface area (Å²) in [5.74, 6) is -2.20. The zero-order valence-electron chi connectivity index (χ0n) is 14.5. The number of nitrogens with zero attached hydrogens (tertiary/aromatic N) is 1. The van der Waals surface area contributed by atoms with Crippen molar-refractivity contribution in [1.82, 2.24) is 0 Å². The molecule has 3 rings (SSSR count). The van der Waals surface area contributed by atoms with Gasteiger partial charge in [0.1, 0.15) is 5.82 Å². The van der Waals surface area contributed by atoms with Gasteiger partial charge in [-0.2, -0.15) is 0 Å². The molecule has 0 saturated carbocycles. The summed E-state index contributed by atoms with van der Waals surface area (Å²) in [5, 5.41) is -1.08. The number of sulfone groups is 2. The predicted octanol–water partition coefficient (Wildman–Crippen LogP) is 2.06. The summed E-state index contributed by atoms with van der Waals surface area (Å²) in [7, 11) is -5.93. The van der Waals surface area contributed by atoms with E-state index in [9.17, 15) is 26.0 Å². The van der Waals surface area contributed by atoms with Crippen LogP contribution in [-0.2, 0) is 19.7 Å². The molecule has 0 radical (unpaired) electrons. The highest BCUT2D eigenvalue weighted by molar-refractivity contribution is 7.96. The third-order valence-corrected chi connectivity index (χ3v) is 8.74. The summed E-state index contributed by atoms with van der Waals surface area (Å²) in [5.41, 5.74) is 0.139. The second-order valence-corrected chi connectivity index (χ2v) is 10.9. The van der Waals surface area contributed by atoms with E-state index in [1.807, 2.05) is 0 Å². The Labute approximate surface area is 157 Å². The van der Waals surface area contributed by atoms with Crippen molar-refractivity contribution in [3.05, 3.63) is 59.9 Å². The Morgan fingerprint density at radius 1 is 1.15 bits per heavy atom. The molecular weight excluding hydrogens is 393 g/mol. The van der Waals surface area contributed by atoms with Gasteiger partial charge in [0.05, 0.1) is 27.2 Å². The minimum Gasteiger partial charge on any atom is -0.311 e. The third kappa shape index (κ3) is 3.89. The Hall–Kier alpha value is -2.26. The molecule has 1 saturated heterocycles. The minimum atomic E-state index is -3.99. The Morgan fingerprint density at radius 2 is 1.81 bits per heavy atom. The summed E-state index contributed by atoms with van der Waals surface area (Å²) < 4.78 is 62.9. The van der Waals surface area contributed by atoms with Crippen LogP contribution in [0.1, 0.15) is 16.8 Å². The van der Waals surface area contributed by atoms with Crippen LogP contribution in [0.3, 0.4) is 0 Å². The number of hydrogen-bond acceptors (Lipinski definition) is 5. The van der Waals surface area contributed by atoms with Gasteiger partial charge >= 0.3 is 0 Å². The summed E-state index contributed by atoms with van der Waals surface area (Å²) in [6.45, 7) is 0. The van der Waals surface area contributed by atoms with Gasteiger partial charge in [-0.3, -0.25) is 4.79 Å². The molecule has 0 N–H and O–H groups in total. The van der Waals surface area contributed by atoms with Gasteiger partial charge in [0.15, 0.2) is 19.7 Å². The van der Waals surface area contributed by atoms with E-state index >= 15 is 0 Å². The molecule has 144 valence electrons. The molecule has 1 heterocycles. The Kier molecular flexibility index (Phi) is 5.09. The number of para-hydroxylation sites is 1.